The molecule has 0 saturated heterocycles. The maximum Gasteiger partial charge on any atom is 0.433 e. The van der Waals surface area contributed by atoms with Crippen LogP contribution < -0.4 is 0 Å². The molecule has 10 heteroatoms. The van der Waals surface area contributed by atoms with Crippen LogP contribution in [0.3, 0.4) is 0 Å². The molecule has 2 aromatic rings. The molecule has 0 fully saturated rings. The summed E-state index contributed by atoms with van der Waals surface area (Å²) >= 11 is 0. The van der Waals surface area contributed by atoms with Crippen molar-refractivity contribution in [3.63, 3.8) is 0 Å². The van der Waals surface area contributed by atoms with Crippen LogP contribution in [-0.4, -0.2) is 22.5 Å². The van der Waals surface area contributed by atoms with Crippen molar-refractivity contribution in [2.45, 2.75) is 26.4 Å². The van der Waals surface area contributed by atoms with E-state index in [-0.39, 0.29) is 17.7 Å². The number of esters is 1. The second-order valence-corrected chi connectivity index (χ2v) is 4.64. The number of hydrogen-bond donors (Lipinski definition) is 0. The summed E-state index contributed by atoms with van der Waals surface area (Å²) in [5, 5.41) is 0. The van der Waals surface area contributed by atoms with Crippen LogP contribution in [0.1, 0.15) is 40.9 Å². The van der Waals surface area contributed by atoms with E-state index in [2.05, 4.69) is 14.7 Å². The molecular formula is C14H11F5N2O3. The number of alkyl halides is 5. The molecule has 0 radical (unpaired) electrons. The second kappa shape index (κ2) is 6.54. The van der Waals surface area contributed by atoms with Gasteiger partial charge in [-0.3, -0.25) is 4.98 Å². The van der Waals surface area contributed by atoms with E-state index < -0.39 is 41.6 Å². The lowest BCUT2D eigenvalue weighted by atomic mass is 10.1. The Labute approximate surface area is 132 Å². The maximum atomic E-state index is 13.0. The van der Waals surface area contributed by atoms with Gasteiger partial charge in [0.25, 0.3) is 6.43 Å². The number of carbonyl (C=O) groups is 1. The van der Waals surface area contributed by atoms with E-state index in [1.165, 1.54) is 6.92 Å². The number of aryl methyl sites for hydroxylation is 1. The fourth-order valence-corrected chi connectivity index (χ4v) is 1.93. The minimum atomic E-state index is -4.65. The normalized spacial score (nSPS) is 11.8. The number of pyridine rings is 1. The zero-order valence-electron chi connectivity index (χ0n) is 12.4. The minimum absolute atomic E-state index is 0.0709. The molecule has 0 aliphatic carbocycles. The highest BCUT2D eigenvalue weighted by Gasteiger charge is 2.35. The van der Waals surface area contributed by atoms with Crippen LogP contribution in [-0.2, 0) is 10.9 Å². The van der Waals surface area contributed by atoms with Gasteiger partial charge in [-0.1, -0.05) is 0 Å². The summed E-state index contributed by atoms with van der Waals surface area (Å²) in [7, 11) is 0. The summed E-state index contributed by atoms with van der Waals surface area (Å²) in [6.07, 6.45) is -6.99. The van der Waals surface area contributed by atoms with E-state index in [0.29, 0.717) is 0 Å². The van der Waals surface area contributed by atoms with E-state index in [0.717, 1.165) is 19.2 Å². The Morgan fingerprint density at radius 1 is 1.38 bits per heavy atom. The first-order valence-electron chi connectivity index (χ1n) is 6.65. The van der Waals surface area contributed by atoms with Gasteiger partial charge in [0.2, 0.25) is 11.7 Å². The maximum absolute atomic E-state index is 13.0. The summed E-state index contributed by atoms with van der Waals surface area (Å²) < 4.78 is 73.5. The van der Waals surface area contributed by atoms with E-state index in [1.54, 1.807) is 0 Å². The summed E-state index contributed by atoms with van der Waals surface area (Å²) in [5.74, 6) is -2.37. The van der Waals surface area contributed by atoms with Gasteiger partial charge < -0.3 is 9.15 Å². The number of rotatable bonds is 4. The molecule has 0 bridgehead atoms. The Hall–Kier alpha value is -2.52. The van der Waals surface area contributed by atoms with Crippen molar-refractivity contribution < 1.29 is 35.9 Å². The van der Waals surface area contributed by atoms with Crippen LogP contribution in [0.5, 0.6) is 0 Å². The Morgan fingerprint density at radius 2 is 2.04 bits per heavy atom. The van der Waals surface area contributed by atoms with Gasteiger partial charge in [0.05, 0.1) is 12.2 Å². The SMILES string of the molecule is CCOC(=O)c1oc(-c2cnc(C(F)(F)F)c(C)c2)nc1C(F)F. The van der Waals surface area contributed by atoms with Gasteiger partial charge in [-0.25, -0.2) is 18.6 Å². The fraction of sp³-hybridized carbons (Fsp3) is 0.357. The third-order valence-electron chi connectivity index (χ3n) is 2.91. The van der Waals surface area contributed by atoms with Gasteiger partial charge in [0.1, 0.15) is 5.69 Å². The fourth-order valence-electron chi connectivity index (χ4n) is 1.93. The Bertz CT molecular complexity index is 755. The summed E-state index contributed by atoms with van der Waals surface area (Å²) in [4.78, 5) is 18.4. The largest absolute Gasteiger partial charge is 0.460 e. The molecule has 5 nitrogen and oxygen atoms in total. The Kier molecular flexibility index (Phi) is 4.86. The quantitative estimate of drug-likeness (QED) is 0.611. The van der Waals surface area contributed by atoms with Crippen molar-refractivity contribution in [1.82, 2.24) is 9.97 Å². The van der Waals surface area contributed by atoms with Crippen molar-refractivity contribution in [2.24, 2.45) is 0 Å². The number of oxazole rings is 1. The van der Waals surface area contributed by atoms with E-state index in [4.69, 9.17) is 4.42 Å². The van der Waals surface area contributed by atoms with Crippen LogP contribution in [0.2, 0.25) is 0 Å². The zero-order chi connectivity index (χ0) is 18.1. The molecule has 24 heavy (non-hydrogen) atoms. The molecule has 2 heterocycles. The van der Waals surface area contributed by atoms with Crippen LogP contribution in [0.4, 0.5) is 22.0 Å². The van der Waals surface area contributed by atoms with Gasteiger partial charge in [-0.15, -0.1) is 0 Å². The van der Waals surface area contributed by atoms with Crippen LogP contribution >= 0.6 is 0 Å². The highest BCUT2D eigenvalue weighted by Crippen LogP contribution is 2.33. The molecule has 0 unspecified atom stereocenters. The van der Waals surface area contributed by atoms with Gasteiger partial charge in [0, 0.05) is 6.20 Å². The number of hydrogen-bond acceptors (Lipinski definition) is 5. The second-order valence-electron chi connectivity index (χ2n) is 4.64. The standard InChI is InChI=1S/C14H11F5N2O3/c1-3-23-13(22)9-8(11(15)16)21-12(24-9)7-4-6(2)10(20-5-7)14(17,18)19/h4-5,11H,3H2,1-2H3. The van der Waals surface area contributed by atoms with Gasteiger partial charge >= 0.3 is 12.1 Å². The molecule has 2 rings (SSSR count). The molecule has 2 aromatic heterocycles. The topological polar surface area (TPSA) is 65.2 Å². The van der Waals surface area contributed by atoms with Crippen molar-refractivity contribution in [2.75, 3.05) is 6.61 Å². The third-order valence-corrected chi connectivity index (χ3v) is 2.91. The molecule has 0 atom stereocenters. The predicted octanol–water partition coefficient (Wildman–Crippen LogP) is 4.18. The van der Waals surface area contributed by atoms with E-state index >= 15 is 0 Å². The molecule has 130 valence electrons. The smallest absolute Gasteiger partial charge is 0.433 e. The lowest BCUT2D eigenvalue weighted by molar-refractivity contribution is -0.141. The van der Waals surface area contributed by atoms with E-state index in [9.17, 15) is 26.7 Å². The highest BCUT2D eigenvalue weighted by atomic mass is 19.4. The minimum Gasteiger partial charge on any atom is -0.460 e. The number of carbonyl (C=O) groups excluding carboxylic acids is 1. The first-order chi connectivity index (χ1) is 11.1. The Balaban J connectivity index is 2.48. The lowest BCUT2D eigenvalue weighted by Crippen LogP contribution is -2.10. The molecule has 0 aliphatic rings. The number of ether oxygens (including phenoxy) is 1. The van der Waals surface area contributed by atoms with Crippen LogP contribution in [0.15, 0.2) is 16.7 Å². The average Bonchev–Trinajstić information content (AvgIpc) is 2.91. The summed E-state index contributed by atoms with van der Waals surface area (Å²) in [5.41, 5.74) is -2.37. The van der Waals surface area contributed by atoms with Crippen molar-refractivity contribution in [3.8, 4) is 11.5 Å². The average molecular weight is 350 g/mol. The first kappa shape index (κ1) is 17.8. The van der Waals surface area contributed by atoms with E-state index in [1.807, 2.05) is 0 Å². The lowest BCUT2D eigenvalue weighted by Gasteiger charge is -2.09. The molecule has 0 saturated carbocycles. The number of aromatic nitrogens is 2. The van der Waals surface area contributed by atoms with Gasteiger partial charge in [-0.05, 0) is 25.5 Å². The number of nitrogens with zero attached hydrogens (tertiary/aromatic N) is 2. The highest BCUT2D eigenvalue weighted by molar-refractivity contribution is 5.88. The third kappa shape index (κ3) is 3.52. The van der Waals surface area contributed by atoms with Crippen molar-refractivity contribution >= 4 is 5.97 Å². The monoisotopic (exact) mass is 350 g/mol. The molecule has 0 spiro atoms. The number of halogens is 5. The summed E-state index contributed by atoms with van der Waals surface area (Å²) in [6, 6.07) is 1.03. The van der Waals surface area contributed by atoms with Gasteiger partial charge in [-0.2, -0.15) is 13.2 Å². The molecular weight excluding hydrogens is 339 g/mol. The van der Waals surface area contributed by atoms with Crippen molar-refractivity contribution in [1.29, 1.82) is 0 Å². The van der Waals surface area contributed by atoms with Crippen LogP contribution in [0, 0.1) is 6.92 Å². The van der Waals surface area contributed by atoms with Crippen LogP contribution in [0.25, 0.3) is 11.5 Å². The molecule has 0 amide bonds. The Morgan fingerprint density at radius 3 is 2.54 bits per heavy atom. The first-order valence-corrected chi connectivity index (χ1v) is 6.65. The predicted molar refractivity (Wildman–Crippen MR) is 70.4 cm³/mol. The summed E-state index contributed by atoms with van der Waals surface area (Å²) in [6.45, 7) is 2.56. The molecule has 0 aromatic carbocycles. The zero-order valence-corrected chi connectivity index (χ0v) is 12.4. The van der Waals surface area contributed by atoms with Gasteiger partial charge in [0.15, 0.2) is 5.69 Å². The molecule has 0 aliphatic heterocycles. The van der Waals surface area contributed by atoms with Crippen molar-refractivity contribution in [3.05, 3.63) is 35.0 Å². The molecule has 0 N–H and O–H groups in total.